The molecule has 0 aliphatic heterocycles. The molecule has 2 rings (SSSR count). The zero-order valence-electron chi connectivity index (χ0n) is 12.2. The highest BCUT2D eigenvalue weighted by molar-refractivity contribution is 9.10. The van der Waals surface area contributed by atoms with Gasteiger partial charge in [-0.3, -0.25) is 30.6 Å². The number of nitro groups is 1. The highest BCUT2D eigenvalue weighted by Gasteiger charge is 2.11. The fourth-order valence-electron chi connectivity index (χ4n) is 1.67. The predicted octanol–water partition coefficient (Wildman–Crippen LogP) is 2.91. The Balaban J connectivity index is 1.81. The number of amides is 2. The number of nitro benzene ring substituents is 1. The molecular formula is C15H12BrN3O4S. The Morgan fingerprint density at radius 1 is 1.08 bits per heavy atom. The molecule has 24 heavy (non-hydrogen) atoms. The van der Waals surface area contributed by atoms with Gasteiger partial charge in [0, 0.05) is 27.1 Å². The maximum Gasteiger partial charge on any atom is 0.269 e. The van der Waals surface area contributed by atoms with Gasteiger partial charge in [0.1, 0.15) is 0 Å². The van der Waals surface area contributed by atoms with E-state index >= 15 is 0 Å². The molecule has 0 fully saturated rings. The SMILES string of the molecule is O=C(CSc1ccccc1Br)NNC(=O)c1ccc([N+](=O)[O-])cc1. The van der Waals surface area contributed by atoms with Crippen molar-refractivity contribution in [1.29, 1.82) is 0 Å². The summed E-state index contributed by atoms with van der Waals surface area (Å²) in [5.41, 5.74) is 4.66. The van der Waals surface area contributed by atoms with E-state index in [9.17, 15) is 19.7 Å². The molecule has 0 spiro atoms. The van der Waals surface area contributed by atoms with Crippen LogP contribution in [0.4, 0.5) is 5.69 Å². The first-order chi connectivity index (χ1) is 11.5. The number of nitrogens with zero attached hydrogens (tertiary/aromatic N) is 1. The number of non-ortho nitro benzene ring substituents is 1. The van der Waals surface area contributed by atoms with Crippen LogP contribution in [-0.2, 0) is 4.79 Å². The summed E-state index contributed by atoms with van der Waals surface area (Å²) in [4.78, 5) is 34.5. The number of halogens is 1. The minimum Gasteiger partial charge on any atom is -0.272 e. The Morgan fingerprint density at radius 3 is 2.38 bits per heavy atom. The third kappa shape index (κ3) is 5.07. The first-order valence-electron chi connectivity index (χ1n) is 6.68. The minimum atomic E-state index is -0.553. The summed E-state index contributed by atoms with van der Waals surface area (Å²) in [6.07, 6.45) is 0. The van der Waals surface area contributed by atoms with Crippen LogP contribution in [0.5, 0.6) is 0 Å². The van der Waals surface area contributed by atoms with Gasteiger partial charge in [-0.25, -0.2) is 0 Å². The van der Waals surface area contributed by atoms with E-state index in [2.05, 4.69) is 26.8 Å². The van der Waals surface area contributed by atoms with Crippen LogP contribution in [0.15, 0.2) is 57.9 Å². The summed E-state index contributed by atoms with van der Waals surface area (Å²) >= 11 is 4.71. The number of rotatable bonds is 5. The van der Waals surface area contributed by atoms with E-state index in [1.54, 1.807) is 0 Å². The van der Waals surface area contributed by atoms with E-state index in [4.69, 9.17) is 0 Å². The molecule has 9 heteroatoms. The molecule has 0 bridgehead atoms. The molecule has 0 saturated carbocycles. The largest absolute Gasteiger partial charge is 0.272 e. The summed E-state index contributed by atoms with van der Waals surface area (Å²) in [5.74, 6) is -0.793. The fourth-order valence-corrected chi connectivity index (χ4v) is 3.04. The second kappa shape index (κ2) is 8.46. The zero-order valence-corrected chi connectivity index (χ0v) is 14.6. The first kappa shape index (κ1) is 18.0. The highest BCUT2D eigenvalue weighted by Crippen LogP contribution is 2.26. The summed E-state index contributed by atoms with van der Waals surface area (Å²) in [5, 5.41) is 10.6. The predicted molar refractivity (Wildman–Crippen MR) is 93.6 cm³/mol. The molecular weight excluding hydrogens is 398 g/mol. The third-order valence-corrected chi connectivity index (χ3v) is 4.88. The Labute approximate surface area is 150 Å². The summed E-state index contributed by atoms with van der Waals surface area (Å²) in [6.45, 7) is 0. The normalized spacial score (nSPS) is 10.0. The monoisotopic (exact) mass is 409 g/mol. The number of hydrazine groups is 1. The second-order valence-corrected chi connectivity index (χ2v) is 6.40. The van der Waals surface area contributed by atoms with Crippen molar-refractivity contribution in [2.45, 2.75) is 4.90 Å². The van der Waals surface area contributed by atoms with E-state index in [0.717, 1.165) is 9.37 Å². The molecule has 124 valence electrons. The molecule has 2 N–H and O–H groups in total. The molecule has 0 atom stereocenters. The summed E-state index contributed by atoms with van der Waals surface area (Å²) < 4.78 is 0.887. The average molecular weight is 410 g/mol. The standard InChI is InChI=1S/C15H12BrN3O4S/c16-12-3-1-2-4-13(12)24-9-14(20)17-18-15(21)10-5-7-11(8-6-10)19(22)23/h1-8H,9H2,(H,17,20)(H,18,21). The topological polar surface area (TPSA) is 101 Å². The molecule has 2 amide bonds. The number of carbonyl (C=O) groups is 2. The average Bonchev–Trinajstić information content (AvgIpc) is 2.59. The van der Waals surface area contributed by atoms with Crippen LogP contribution in [0.3, 0.4) is 0 Å². The van der Waals surface area contributed by atoms with Gasteiger partial charge < -0.3 is 0 Å². The van der Waals surface area contributed by atoms with E-state index in [0.29, 0.717) is 0 Å². The number of benzene rings is 2. The zero-order chi connectivity index (χ0) is 17.5. The lowest BCUT2D eigenvalue weighted by molar-refractivity contribution is -0.384. The fraction of sp³-hybridized carbons (Fsp3) is 0.0667. The minimum absolute atomic E-state index is 0.111. The van der Waals surface area contributed by atoms with Gasteiger partial charge in [-0.05, 0) is 40.2 Å². The quantitative estimate of drug-likeness (QED) is 0.449. The van der Waals surface area contributed by atoms with Gasteiger partial charge in [0.2, 0.25) is 5.91 Å². The van der Waals surface area contributed by atoms with Gasteiger partial charge in [0.15, 0.2) is 0 Å². The van der Waals surface area contributed by atoms with E-state index in [-0.39, 0.29) is 22.9 Å². The number of carbonyl (C=O) groups excluding carboxylic acids is 2. The van der Waals surface area contributed by atoms with Gasteiger partial charge in [-0.2, -0.15) is 0 Å². The van der Waals surface area contributed by atoms with Crippen molar-refractivity contribution < 1.29 is 14.5 Å². The Morgan fingerprint density at radius 2 is 1.75 bits per heavy atom. The molecule has 7 nitrogen and oxygen atoms in total. The maximum absolute atomic E-state index is 11.8. The van der Waals surface area contributed by atoms with Gasteiger partial charge in [-0.1, -0.05) is 12.1 Å². The highest BCUT2D eigenvalue weighted by atomic mass is 79.9. The molecule has 0 radical (unpaired) electrons. The number of nitrogens with one attached hydrogen (secondary N) is 2. The number of thioether (sulfide) groups is 1. The van der Waals surface area contributed by atoms with E-state index in [1.807, 2.05) is 24.3 Å². The lowest BCUT2D eigenvalue weighted by Crippen LogP contribution is -2.42. The van der Waals surface area contributed by atoms with Crippen LogP contribution in [-0.4, -0.2) is 22.5 Å². The second-order valence-electron chi connectivity index (χ2n) is 4.53. The summed E-state index contributed by atoms with van der Waals surface area (Å²) in [6, 6.07) is 12.6. The summed E-state index contributed by atoms with van der Waals surface area (Å²) in [7, 11) is 0. The van der Waals surface area contributed by atoms with Crippen LogP contribution in [0.2, 0.25) is 0 Å². The van der Waals surface area contributed by atoms with Gasteiger partial charge >= 0.3 is 0 Å². The maximum atomic E-state index is 11.8. The number of hydrogen-bond donors (Lipinski definition) is 2. The van der Waals surface area contributed by atoms with Crippen molar-refractivity contribution >= 4 is 45.2 Å². The molecule has 2 aromatic rings. The first-order valence-corrected chi connectivity index (χ1v) is 8.46. The van der Waals surface area contributed by atoms with Crippen molar-refractivity contribution in [3.05, 3.63) is 68.7 Å². The van der Waals surface area contributed by atoms with Crippen LogP contribution >= 0.6 is 27.7 Å². The van der Waals surface area contributed by atoms with Crippen LogP contribution in [0, 0.1) is 10.1 Å². The van der Waals surface area contributed by atoms with E-state index in [1.165, 1.54) is 36.0 Å². The van der Waals surface area contributed by atoms with Gasteiger partial charge in [0.25, 0.3) is 11.6 Å². The van der Waals surface area contributed by atoms with Crippen molar-refractivity contribution in [2.24, 2.45) is 0 Å². The third-order valence-electron chi connectivity index (χ3n) is 2.85. The lowest BCUT2D eigenvalue weighted by atomic mass is 10.2. The molecule has 0 aromatic heterocycles. The van der Waals surface area contributed by atoms with Crippen molar-refractivity contribution in [2.75, 3.05) is 5.75 Å². The number of hydrogen-bond acceptors (Lipinski definition) is 5. The smallest absolute Gasteiger partial charge is 0.269 e. The van der Waals surface area contributed by atoms with E-state index < -0.39 is 10.8 Å². The van der Waals surface area contributed by atoms with Crippen molar-refractivity contribution in [3.8, 4) is 0 Å². The molecule has 2 aromatic carbocycles. The van der Waals surface area contributed by atoms with Crippen molar-refractivity contribution in [3.63, 3.8) is 0 Å². The van der Waals surface area contributed by atoms with Crippen molar-refractivity contribution in [1.82, 2.24) is 10.9 Å². The lowest BCUT2D eigenvalue weighted by Gasteiger charge is -2.08. The molecule has 0 heterocycles. The van der Waals surface area contributed by atoms with Gasteiger partial charge in [0.05, 0.1) is 10.7 Å². The molecule has 0 aliphatic carbocycles. The Kier molecular flexibility index (Phi) is 6.33. The van der Waals surface area contributed by atoms with Crippen LogP contribution in [0.1, 0.15) is 10.4 Å². The van der Waals surface area contributed by atoms with Gasteiger partial charge in [-0.15, -0.1) is 11.8 Å². The Bertz CT molecular complexity index is 768. The van der Waals surface area contributed by atoms with Crippen LogP contribution < -0.4 is 10.9 Å². The van der Waals surface area contributed by atoms with Crippen LogP contribution in [0.25, 0.3) is 0 Å². The molecule has 0 aliphatic rings. The molecule has 0 saturated heterocycles. The Hall–Kier alpha value is -2.39. The molecule has 0 unspecified atom stereocenters.